The van der Waals surface area contributed by atoms with E-state index in [-0.39, 0.29) is 24.5 Å². The molecule has 0 radical (unpaired) electrons. The number of hydrogen-bond acceptors (Lipinski definition) is 5. The Bertz CT molecular complexity index is 747. The van der Waals surface area contributed by atoms with Gasteiger partial charge in [0.15, 0.2) is 11.6 Å². The SMILES string of the molecule is CCOCO[C@@H]1C/C=C2/C(=O)c3ccccc3C(=O)/C2=C/CC[C@H](O)C1. The Labute approximate surface area is 153 Å². The average molecular weight is 356 g/mol. The summed E-state index contributed by atoms with van der Waals surface area (Å²) in [6.07, 6.45) is 4.75. The third-order valence-electron chi connectivity index (χ3n) is 4.76. The first-order valence-corrected chi connectivity index (χ1v) is 9.08. The molecule has 2 aliphatic carbocycles. The maximum atomic E-state index is 12.9. The maximum Gasteiger partial charge on any atom is 0.194 e. The van der Waals surface area contributed by atoms with Crippen molar-refractivity contribution in [1.29, 1.82) is 0 Å². The van der Waals surface area contributed by atoms with Crippen LogP contribution in [0.3, 0.4) is 0 Å². The average Bonchev–Trinajstić information content (AvgIpc) is 2.65. The van der Waals surface area contributed by atoms with Crippen LogP contribution in [0.5, 0.6) is 0 Å². The van der Waals surface area contributed by atoms with Crippen molar-refractivity contribution < 1.29 is 24.2 Å². The smallest absolute Gasteiger partial charge is 0.194 e. The summed E-state index contributed by atoms with van der Waals surface area (Å²) in [6.45, 7) is 2.58. The quantitative estimate of drug-likeness (QED) is 0.662. The van der Waals surface area contributed by atoms with Gasteiger partial charge in [-0.15, -0.1) is 0 Å². The Morgan fingerprint density at radius 2 is 1.73 bits per heavy atom. The molecule has 1 aromatic carbocycles. The van der Waals surface area contributed by atoms with Crippen LogP contribution in [0.2, 0.25) is 0 Å². The molecule has 138 valence electrons. The minimum atomic E-state index is -0.518. The lowest BCUT2D eigenvalue weighted by Crippen LogP contribution is -2.26. The van der Waals surface area contributed by atoms with Crippen LogP contribution in [0.15, 0.2) is 47.6 Å². The lowest BCUT2D eigenvalue weighted by Gasteiger charge is -2.24. The highest BCUT2D eigenvalue weighted by molar-refractivity contribution is 6.31. The molecular formula is C21H24O5. The Morgan fingerprint density at radius 3 is 2.38 bits per heavy atom. The molecular weight excluding hydrogens is 332 g/mol. The zero-order chi connectivity index (χ0) is 18.5. The van der Waals surface area contributed by atoms with Crippen molar-refractivity contribution in [3.8, 4) is 0 Å². The van der Waals surface area contributed by atoms with Crippen molar-refractivity contribution in [2.45, 2.75) is 44.8 Å². The van der Waals surface area contributed by atoms with Crippen LogP contribution in [0.1, 0.15) is 53.3 Å². The van der Waals surface area contributed by atoms with Gasteiger partial charge in [-0.1, -0.05) is 36.4 Å². The van der Waals surface area contributed by atoms with Crippen molar-refractivity contribution in [2.75, 3.05) is 13.4 Å². The number of fused-ring (bicyclic) bond motifs is 2. The number of ether oxygens (including phenoxy) is 2. The highest BCUT2D eigenvalue weighted by atomic mass is 16.7. The Kier molecular flexibility index (Phi) is 6.14. The lowest BCUT2D eigenvalue weighted by atomic mass is 9.80. The van der Waals surface area contributed by atoms with Gasteiger partial charge < -0.3 is 14.6 Å². The fourth-order valence-corrected chi connectivity index (χ4v) is 3.37. The van der Waals surface area contributed by atoms with E-state index in [1.807, 2.05) is 6.92 Å². The number of aliphatic hydroxyl groups is 1. The van der Waals surface area contributed by atoms with Crippen LogP contribution < -0.4 is 0 Å². The van der Waals surface area contributed by atoms with E-state index >= 15 is 0 Å². The summed E-state index contributed by atoms with van der Waals surface area (Å²) in [5.41, 5.74) is 1.77. The van der Waals surface area contributed by atoms with Crippen LogP contribution in [-0.2, 0) is 9.47 Å². The van der Waals surface area contributed by atoms with Gasteiger partial charge in [-0.2, -0.15) is 0 Å². The molecule has 3 rings (SSSR count). The van der Waals surface area contributed by atoms with E-state index in [1.165, 1.54) is 0 Å². The molecule has 0 bridgehead atoms. The maximum absolute atomic E-state index is 12.9. The van der Waals surface area contributed by atoms with E-state index in [0.717, 1.165) is 0 Å². The van der Waals surface area contributed by atoms with Crippen molar-refractivity contribution in [2.24, 2.45) is 0 Å². The lowest BCUT2D eigenvalue weighted by molar-refractivity contribution is -0.0959. The number of Topliss-reactive ketones (excluding diaryl/α,β-unsaturated/α-hetero) is 2. The zero-order valence-corrected chi connectivity index (χ0v) is 14.9. The largest absolute Gasteiger partial charge is 0.393 e. The first-order chi connectivity index (χ1) is 12.6. The highest BCUT2D eigenvalue weighted by Crippen LogP contribution is 2.31. The number of rotatable bonds is 4. The number of benzene rings is 1. The van der Waals surface area contributed by atoms with Crippen molar-refractivity contribution in [1.82, 2.24) is 0 Å². The third-order valence-corrected chi connectivity index (χ3v) is 4.76. The molecule has 0 unspecified atom stereocenters. The Hall–Kier alpha value is -2.08. The molecule has 0 saturated heterocycles. The topological polar surface area (TPSA) is 72.8 Å². The van der Waals surface area contributed by atoms with Crippen LogP contribution in [-0.4, -0.2) is 42.3 Å². The van der Waals surface area contributed by atoms with E-state index in [1.54, 1.807) is 36.4 Å². The molecule has 5 heteroatoms. The minimum Gasteiger partial charge on any atom is -0.393 e. The molecule has 2 atom stereocenters. The fourth-order valence-electron chi connectivity index (χ4n) is 3.37. The second-order valence-electron chi connectivity index (χ2n) is 6.54. The second-order valence-corrected chi connectivity index (χ2v) is 6.54. The zero-order valence-electron chi connectivity index (χ0n) is 14.9. The summed E-state index contributed by atoms with van der Waals surface area (Å²) in [4.78, 5) is 25.8. The van der Waals surface area contributed by atoms with Crippen LogP contribution >= 0.6 is 0 Å². The number of allylic oxidation sites excluding steroid dienone is 3. The number of ketones is 2. The molecule has 0 fully saturated rings. The van der Waals surface area contributed by atoms with Crippen LogP contribution in [0, 0.1) is 0 Å². The third kappa shape index (κ3) is 4.01. The van der Waals surface area contributed by atoms with E-state index in [2.05, 4.69) is 0 Å². The summed E-state index contributed by atoms with van der Waals surface area (Å²) in [6, 6.07) is 6.92. The fraction of sp³-hybridized carbons (Fsp3) is 0.429. The summed E-state index contributed by atoms with van der Waals surface area (Å²) in [5.74, 6) is -0.260. The van der Waals surface area contributed by atoms with Gasteiger partial charge in [-0.3, -0.25) is 9.59 Å². The molecule has 0 amide bonds. The van der Waals surface area contributed by atoms with Gasteiger partial charge in [0.2, 0.25) is 0 Å². The highest BCUT2D eigenvalue weighted by Gasteiger charge is 2.32. The first-order valence-electron chi connectivity index (χ1n) is 9.08. The molecule has 2 aliphatic rings. The summed E-state index contributed by atoms with van der Waals surface area (Å²) < 4.78 is 10.9. The predicted octanol–water partition coefficient (Wildman–Crippen LogP) is 3.23. The molecule has 0 heterocycles. The van der Waals surface area contributed by atoms with Gasteiger partial charge >= 0.3 is 0 Å². The van der Waals surface area contributed by atoms with Gasteiger partial charge in [-0.25, -0.2) is 0 Å². The Balaban J connectivity index is 1.93. The van der Waals surface area contributed by atoms with Crippen LogP contribution in [0.25, 0.3) is 0 Å². The van der Waals surface area contributed by atoms with E-state index in [4.69, 9.17) is 9.47 Å². The molecule has 5 nitrogen and oxygen atoms in total. The van der Waals surface area contributed by atoms with E-state index < -0.39 is 6.10 Å². The predicted molar refractivity (Wildman–Crippen MR) is 97.1 cm³/mol. The van der Waals surface area contributed by atoms with Gasteiger partial charge in [-0.05, 0) is 32.6 Å². The standard InChI is InChI=1S/C21H24O5/c1-2-25-13-26-15-10-11-19-18(9-5-6-14(22)12-15)20(23)16-7-3-4-8-17(16)21(19)24/h3-4,7-9,11,14-15,22H,2,5-6,10,12-13H2,1H3/b18-9+,19-11+/t14-,15+/m0/s1. The van der Waals surface area contributed by atoms with Crippen LogP contribution in [0.4, 0.5) is 0 Å². The molecule has 0 saturated carbocycles. The van der Waals surface area contributed by atoms with Crippen molar-refractivity contribution in [3.05, 3.63) is 58.7 Å². The van der Waals surface area contributed by atoms with Gasteiger partial charge in [0, 0.05) is 28.9 Å². The number of carbonyl (C=O) groups excluding carboxylic acids is 2. The van der Waals surface area contributed by atoms with Gasteiger partial charge in [0.05, 0.1) is 12.2 Å². The number of hydrogen-bond donors (Lipinski definition) is 1. The molecule has 1 N–H and O–H groups in total. The number of carbonyl (C=O) groups is 2. The normalized spacial score (nSPS) is 27.6. The van der Waals surface area contributed by atoms with Crippen molar-refractivity contribution in [3.63, 3.8) is 0 Å². The van der Waals surface area contributed by atoms with Gasteiger partial charge in [0.1, 0.15) is 6.79 Å². The molecule has 0 aliphatic heterocycles. The molecule has 0 aromatic heterocycles. The minimum absolute atomic E-state index is 0.129. The van der Waals surface area contributed by atoms with Crippen molar-refractivity contribution >= 4 is 11.6 Å². The van der Waals surface area contributed by atoms with E-state index in [0.29, 0.717) is 54.6 Å². The van der Waals surface area contributed by atoms with Gasteiger partial charge in [0.25, 0.3) is 0 Å². The first kappa shape index (κ1) is 18.7. The summed E-state index contributed by atoms with van der Waals surface area (Å²) >= 11 is 0. The van der Waals surface area contributed by atoms with E-state index in [9.17, 15) is 14.7 Å². The number of aliphatic hydroxyl groups excluding tert-OH is 1. The summed E-state index contributed by atoms with van der Waals surface area (Å²) in [5, 5.41) is 10.2. The molecule has 1 aromatic rings. The molecule has 26 heavy (non-hydrogen) atoms. The molecule has 0 spiro atoms. The second kappa shape index (κ2) is 8.54. The Morgan fingerprint density at radius 1 is 1.08 bits per heavy atom. The summed E-state index contributed by atoms with van der Waals surface area (Å²) in [7, 11) is 0. The monoisotopic (exact) mass is 356 g/mol.